The van der Waals surface area contributed by atoms with Gasteiger partial charge in [-0.15, -0.1) is 0 Å². The normalized spacial score (nSPS) is 19.5. The molecule has 2 heterocycles. The van der Waals surface area contributed by atoms with E-state index in [-0.39, 0.29) is 11.3 Å². The van der Waals surface area contributed by atoms with E-state index in [4.69, 9.17) is 16.3 Å². The summed E-state index contributed by atoms with van der Waals surface area (Å²) >= 11 is 6.25. The Morgan fingerprint density at radius 2 is 1.70 bits per heavy atom. The number of hydrogen-bond donors (Lipinski definition) is 0. The molecule has 2 aliphatic heterocycles. The second-order valence-electron chi connectivity index (χ2n) is 11.8. The summed E-state index contributed by atoms with van der Waals surface area (Å²) in [5, 5.41) is 0.736. The third-order valence-corrected chi connectivity index (χ3v) is 8.87. The van der Waals surface area contributed by atoms with E-state index < -0.39 is 0 Å². The Balaban J connectivity index is 1.29. The van der Waals surface area contributed by atoms with E-state index in [2.05, 4.69) is 46.2 Å². The van der Waals surface area contributed by atoms with Gasteiger partial charge in [0.2, 0.25) is 5.91 Å². The smallest absolute Gasteiger partial charge is 0.223 e. The van der Waals surface area contributed by atoms with Crippen molar-refractivity contribution in [2.45, 2.75) is 52.1 Å². The number of nitrogens with zero attached hydrogens (tertiary/aromatic N) is 3. The van der Waals surface area contributed by atoms with Crippen LogP contribution in [-0.4, -0.2) is 55.5 Å². The number of carbonyl (C=O) groups excluding carboxylic acids is 1. The minimum atomic E-state index is -0.261. The predicted octanol–water partition coefficient (Wildman–Crippen LogP) is 6.96. The summed E-state index contributed by atoms with van der Waals surface area (Å²) in [7, 11) is 1.91. The molecule has 0 bridgehead atoms. The van der Waals surface area contributed by atoms with E-state index >= 15 is 0 Å². The number of ether oxygens (including phenoxy) is 1. The number of likely N-dealkylation sites (tertiary alicyclic amines) is 1. The van der Waals surface area contributed by atoms with E-state index in [0.717, 1.165) is 67.5 Å². The summed E-state index contributed by atoms with van der Waals surface area (Å²) < 4.78 is 6.39. The first kappa shape index (κ1) is 28.5. The second kappa shape index (κ2) is 13.1. The van der Waals surface area contributed by atoms with Crippen molar-refractivity contribution in [3.05, 3.63) is 94.5 Å². The molecule has 1 atom stereocenters. The monoisotopic (exact) mass is 559 g/mol. The van der Waals surface area contributed by atoms with E-state index in [1.54, 1.807) is 0 Å². The summed E-state index contributed by atoms with van der Waals surface area (Å²) in [4.78, 5) is 20.4. The Morgan fingerprint density at radius 1 is 0.950 bits per heavy atom. The van der Waals surface area contributed by atoms with Crippen LogP contribution in [0.1, 0.15) is 48.8 Å². The highest BCUT2D eigenvalue weighted by molar-refractivity contribution is 6.31. The molecular weight excluding hydrogens is 518 g/mol. The molecule has 212 valence electrons. The highest BCUT2D eigenvalue weighted by atomic mass is 35.5. The van der Waals surface area contributed by atoms with Crippen LogP contribution < -0.4 is 9.64 Å². The fourth-order valence-corrected chi connectivity index (χ4v) is 6.27. The third kappa shape index (κ3) is 7.38. The highest BCUT2D eigenvalue weighted by Crippen LogP contribution is 2.36. The van der Waals surface area contributed by atoms with E-state index in [1.165, 1.54) is 24.1 Å². The molecule has 5 nitrogen and oxygen atoms in total. The Morgan fingerprint density at radius 3 is 2.42 bits per heavy atom. The van der Waals surface area contributed by atoms with Crippen molar-refractivity contribution < 1.29 is 9.53 Å². The topological polar surface area (TPSA) is 36.0 Å². The van der Waals surface area contributed by atoms with Crippen molar-refractivity contribution in [3.8, 4) is 5.75 Å². The van der Waals surface area contributed by atoms with E-state index in [9.17, 15) is 4.79 Å². The van der Waals surface area contributed by atoms with Gasteiger partial charge in [0.05, 0.1) is 6.61 Å². The zero-order valence-electron chi connectivity index (χ0n) is 23.9. The molecule has 0 radical (unpaired) electrons. The molecule has 3 aromatic rings. The average molecular weight is 560 g/mol. The van der Waals surface area contributed by atoms with Crippen molar-refractivity contribution >= 4 is 23.2 Å². The van der Waals surface area contributed by atoms with Gasteiger partial charge in [-0.25, -0.2) is 0 Å². The van der Waals surface area contributed by atoms with E-state index in [0.29, 0.717) is 19.6 Å². The zero-order chi connectivity index (χ0) is 28.0. The number of hydrogen-bond acceptors (Lipinski definition) is 4. The summed E-state index contributed by atoms with van der Waals surface area (Å²) in [5.41, 5.74) is 4.52. The lowest BCUT2D eigenvalue weighted by Crippen LogP contribution is -2.48. The van der Waals surface area contributed by atoms with Gasteiger partial charge in [0, 0.05) is 62.3 Å². The quantitative estimate of drug-likeness (QED) is 0.269. The lowest BCUT2D eigenvalue weighted by Gasteiger charge is -2.43. The van der Waals surface area contributed by atoms with Crippen molar-refractivity contribution in [3.63, 3.8) is 0 Å². The number of halogens is 1. The molecule has 2 saturated heterocycles. The minimum Gasteiger partial charge on any atom is -0.493 e. The Bertz CT molecular complexity index is 1260. The van der Waals surface area contributed by atoms with Crippen LogP contribution in [0.2, 0.25) is 5.02 Å². The van der Waals surface area contributed by atoms with Crippen molar-refractivity contribution in [2.24, 2.45) is 5.41 Å². The van der Waals surface area contributed by atoms with Gasteiger partial charge in [0.1, 0.15) is 5.75 Å². The standard InChI is InChI=1S/C34H42ClN3O2/c1-27-21-31(15-16-32(27)35)40-26-34(22-33(39)36(2)23-28-9-4-3-5-10-28)17-8-18-37(25-34)24-29-11-13-30(14-12-29)38-19-6-7-20-38/h3-5,9-16,21H,6-8,17-20,22-26H2,1-2H3. The number of anilines is 1. The SMILES string of the molecule is Cc1cc(OCC2(CC(=O)N(C)Cc3ccccc3)CCCN(Cc3ccc(N4CCCC4)cc3)C2)ccc1Cl. The maximum atomic E-state index is 13.6. The molecule has 0 aliphatic carbocycles. The number of benzene rings is 3. The van der Waals surface area contributed by atoms with Crippen LogP contribution in [0.25, 0.3) is 0 Å². The highest BCUT2D eigenvalue weighted by Gasteiger charge is 2.39. The first-order valence-corrected chi connectivity index (χ1v) is 15.0. The first-order chi connectivity index (χ1) is 19.4. The van der Waals surface area contributed by atoms with Crippen LogP contribution in [0.3, 0.4) is 0 Å². The number of amides is 1. The number of piperidine rings is 1. The van der Waals surface area contributed by atoms with Crippen LogP contribution in [0, 0.1) is 12.3 Å². The van der Waals surface area contributed by atoms with E-state index in [1.807, 2.05) is 55.3 Å². The number of carbonyl (C=O) groups is 1. The van der Waals surface area contributed by atoms with Gasteiger partial charge in [-0.3, -0.25) is 9.69 Å². The maximum absolute atomic E-state index is 13.6. The summed E-state index contributed by atoms with van der Waals surface area (Å²) in [6, 6.07) is 25.1. The van der Waals surface area contributed by atoms with Crippen molar-refractivity contribution in [2.75, 3.05) is 44.7 Å². The summed E-state index contributed by atoms with van der Waals surface area (Å²) in [6.45, 7) is 8.17. The molecule has 2 aliphatic rings. The average Bonchev–Trinajstić information content (AvgIpc) is 3.50. The van der Waals surface area contributed by atoms with Crippen molar-refractivity contribution in [1.82, 2.24) is 9.80 Å². The molecule has 0 saturated carbocycles. The number of aryl methyl sites for hydroxylation is 1. The molecule has 1 unspecified atom stereocenters. The second-order valence-corrected chi connectivity index (χ2v) is 12.2. The molecule has 5 rings (SSSR count). The molecule has 1 amide bonds. The predicted molar refractivity (Wildman–Crippen MR) is 164 cm³/mol. The van der Waals surface area contributed by atoms with Crippen LogP contribution >= 0.6 is 11.6 Å². The van der Waals surface area contributed by atoms with Crippen molar-refractivity contribution in [1.29, 1.82) is 0 Å². The third-order valence-electron chi connectivity index (χ3n) is 8.44. The lowest BCUT2D eigenvalue weighted by molar-refractivity contribution is -0.135. The van der Waals surface area contributed by atoms with Gasteiger partial charge in [-0.2, -0.15) is 0 Å². The van der Waals surface area contributed by atoms with Crippen LogP contribution in [0.5, 0.6) is 5.75 Å². The van der Waals surface area contributed by atoms with Gasteiger partial charge >= 0.3 is 0 Å². The van der Waals surface area contributed by atoms with Crippen LogP contribution in [-0.2, 0) is 17.9 Å². The Labute approximate surface area is 244 Å². The fraction of sp³-hybridized carbons (Fsp3) is 0.441. The van der Waals surface area contributed by atoms with Gasteiger partial charge in [-0.05, 0) is 86.2 Å². The molecule has 0 aromatic heterocycles. The largest absolute Gasteiger partial charge is 0.493 e. The van der Waals surface area contributed by atoms with Gasteiger partial charge in [0.25, 0.3) is 0 Å². The fourth-order valence-electron chi connectivity index (χ4n) is 6.15. The molecular formula is C34H42ClN3O2. The summed E-state index contributed by atoms with van der Waals surface area (Å²) in [5.74, 6) is 0.970. The molecule has 2 fully saturated rings. The molecule has 40 heavy (non-hydrogen) atoms. The van der Waals surface area contributed by atoms with Gasteiger partial charge < -0.3 is 14.5 Å². The molecule has 6 heteroatoms. The lowest BCUT2D eigenvalue weighted by atomic mass is 9.77. The molecule has 0 N–H and O–H groups in total. The molecule has 3 aromatic carbocycles. The van der Waals surface area contributed by atoms with Gasteiger partial charge in [-0.1, -0.05) is 54.1 Å². The van der Waals surface area contributed by atoms with Gasteiger partial charge in [0.15, 0.2) is 0 Å². The summed E-state index contributed by atoms with van der Waals surface area (Å²) in [6.07, 6.45) is 5.05. The number of rotatable bonds is 10. The van der Waals surface area contributed by atoms with Crippen LogP contribution in [0.15, 0.2) is 72.8 Å². The first-order valence-electron chi connectivity index (χ1n) is 14.6. The maximum Gasteiger partial charge on any atom is 0.223 e. The Kier molecular flexibility index (Phi) is 9.33. The molecule has 0 spiro atoms. The Hall–Kier alpha value is -3.02. The van der Waals surface area contributed by atoms with Crippen LogP contribution in [0.4, 0.5) is 5.69 Å². The zero-order valence-corrected chi connectivity index (χ0v) is 24.7. The minimum absolute atomic E-state index is 0.163.